The van der Waals surface area contributed by atoms with E-state index in [-0.39, 0.29) is 6.61 Å². The molecule has 4 fully saturated rings. The molecular weight excluding hydrogens is 214 g/mol. The number of ether oxygens (including phenoxy) is 1. The minimum Gasteiger partial charge on any atom is -0.394 e. The second-order valence-electron chi connectivity index (χ2n) is 6.46. The number of rotatable bonds is 6. The fourth-order valence-electron chi connectivity index (χ4n) is 4.88. The Hall–Kier alpha value is -0.120. The van der Waals surface area contributed by atoms with Crippen LogP contribution in [-0.4, -0.2) is 37.0 Å². The molecule has 4 saturated carbocycles. The summed E-state index contributed by atoms with van der Waals surface area (Å²) in [6.45, 7) is 2.30. The highest BCUT2D eigenvalue weighted by Gasteiger charge is 2.50. The molecular formula is C14H25NO2. The van der Waals surface area contributed by atoms with Gasteiger partial charge in [0.15, 0.2) is 0 Å². The Morgan fingerprint density at radius 2 is 1.59 bits per heavy atom. The largest absolute Gasteiger partial charge is 0.394 e. The lowest BCUT2D eigenvalue weighted by molar-refractivity contribution is -0.0234. The minimum atomic E-state index is 0.136. The predicted molar refractivity (Wildman–Crippen MR) is 66.8 cm³/mol. The van der Waals surface area contributed by atoms with Crippen LogP contribution in [-0.2, 0) is 4.74 Å². The van der Waals surface area contributed by atoms with Crippen molar-refractivity contribution < 1.29 is 9.84 Å². The van der Waals surface area contributed by atoms with Crippen molar-refractivity contribution >= 4 is 0 Å². The summed E-state index contributed by atoms with van der Waals surface area (Å²) in [5, 5.41) is 12.4. The van der Waals surface area contributed by atoms with Crippen LogP contribution >= 0.6 is 0 Å². The maximum absolute atomic E-state index is 8.65. The lowest BCUT2D eigenvalue weighted by Crippen LogP contribution is -2.58. The summed E-state index contributed by atoms with van der Waals surface area (Å²) in [5.41, 5.74) is 0.456. The quantitative estimate of drug-likeness (QED) is 0.691. The van der Waals surface area contributed by atoms with Gasteiger partial charge in [-0.05, 0) is 56.3 Å². The molecule has 0 atom stereocenters. The minimum absolute atomic E-state index is 0.136. The van der Waals surface area contributed by atoms with E-state index in [1.165, 1.54) is 38.5 Å². The molecule has 3 heteroatoms. The smallest absolute Gasteiger partial charge is 0.0698 e. The number of aliphatic hydroxyl groups excluding tert-OH is 1. The maximum atomic E-state index is 8.65. The molecule has 0 aliphatic heterocycles. The molecule has 4 rings (SSSR count). The molecule has 4 bridgehead atoms. The molecule has 4 aliphatic rings. The van der Waals surface area contributed by atoms with Gasteiger partial charge in [-0.1, -0.05) is 0 Å². The monoisotopic (exact) mass is 239 g/mol. The molecule has 0 heterocycles. The average molecular weight is 239 g/mol. The topological polar surface area (TPSA) is 41.5 Å². The second-order valence-corrected chi connectivity index (χ2v) is 6.46. The van der Waals surface area contributed by atoms with Gasteiger partial charge in [-0.3, -0.25) is 0 Å². The summed E-state index contributed by atoms with van der Waals surface area (Å²) >= 11 is 0. The molecule has 0 aromatic heterocycles. The van der Waals surface area contributed by atoms with Gasteiger partial charge in [0.2, 0.25) is 0 Å². The Balaban J connectivity index is 1.49. The molecule has 0 aromatic rings. The molecule has 98 valence electrons. The van der Waals surface area contributed by atoms with E-state index in [9.17, 15) is 0 Å². The number of hydrogen-bond donors (Lipinski definition) is 2. The molecule has 0 unspecified atom stereocenters. The van der Waals surface area contributed by atoms with E-state index in [0.717, 1.165) is 30.9 Å². The molecule has 0 spiro atoms. The van der Waals surface area contributed by atoms with Crippen LogP contribution in [0.2, 0.25) is 0 Å². The van der Waals surface area contributed by atoms with E-state index < -0.39 is 0 Å². The van der Waals surface area contributed by atoms with E-state index in [1.807, 2.05) is 0 Å². The third-order valence-electron chi connectivity index (χ3n) is 5.02. The normalized spacial score (nSPS) is 43.2. The average Bonchev–Trinajstić information content (AvgIpc) is 2.26. The maximum Gasteiger partial charge on any atom is 0.0698 e. The van der Waals surface area contributed by atoms with Gasteiger partial charge in [-0.25, -0.2) is 0 Å². The van der Waals surface area contributed by atoms with Gasteiger partial charge >= 0.3 is 0 Å². The molecule has 0 radical (unpaired) electrons. The Morgan fingerprint density at radius 1 is 1.00 bits per heavy atom. The summed E-state index contributed by atoms with van der Waals surface area (Å²) in [4.78, 5) is 0. The zero-order chi connectivity index (χ0) is 11.7. The molecule has 2 N–H and O–H groups in total. The molecule has 0 saturated heterocycles. The van der Waals surface area contributed by atoms with Crippen LogP contribution < -0.4 is 5.32 Å². The van der Waals surface area contributed by atoms with Crippen LogP contribution in [0.5, 0.6) is 0 Å². The number of nitrogens with one attached hydrogen (secondary N) is 1. The van der Waals surface area contributed by atoms with E-state index in [1.54, 1.807) is 0 Å². The zero-order valence-corrected chi connectivity index (χ0v) is 10.7. The Morgan fingerprint density at radius 3 is 2.12 bits per heavy atom. The van der Waals surface area contributed by atoms with Crippen molar-refractivity contribution in [3.05, 3.63) is 0 Å². The number of aliphatic hydroxyl groups is 1. The Bertz CT molecular complexity index is 232. The third-order valence-corrected chi connectivity index (χ3v) is 5.02. The van der Waals surface area contributed by atoms with Crippen molar-refractivity contribution in [2.75, 3.05) is 26.4 Å². The van der Waals surface area contributed by atoms with E-state index in [2.05, 4.69) is 5.32 Å². The van der Waals surface area contributed by atoms with Gasteiger partial charge in [0.1, 0.15) is 0 Å². The molecule has 0 aromatic carbocycles. The van der Waals surface area contributed by atoms with E-state index in [0.29, 0.717) is 12.1 Å². The van der Waals surface area contributed by atoms with Crippen LogP contribution in [0, 0.1) is 17.8 Å². The standard InChI is InChI=1S/C14H25NO2/c16-2-4-17-3-1-15-14-8-11-5-12(9-14)7-13(6-11)10-14/h11-13,15-16H,1-10H2. The van der Waals surface area contributed by atoms with Crippen LogP contribution in [0.3, 0.4) is 0 Å². The molecule has 17 heavy (non-hydrogen) atoms. The van der Waals surface area contributed by atoms with Crippen LogP contribution in [0.1, 0.15) is 38.5 Å². The molecule has 0 amide bonds. The van der Waals surface area contributed by atoms with E-state index >= 15 is 0 Å². The predicted octanol–water partition coefficient (Wildman–Crippen LogP) is 1.55. The van der Waals surface area contributed by atoms with Gasteiger partial charge in [0.05, 0.1) is 19.8 Å². The fourth-order valence-corrected chi connectivity index (χ4v) is 4.88. The first kappa shape index (κ1) is 11.9. The summed E-state index contributed by atoms with van der Waals surface area (Å²) in [6.07, 6.45) is 8.71. The third kappa shape index (κ3) is 2.51. The second kappa shape index (κ2) is 4.87. The highest BCUT2D eigenvalue weighted by Crippen LogP contribution is 2.55. The van der Waals surface area contributed by atoms with Crippen molar-refractivity contribution in [3.63, 3.8) is 0 Å². The summed E-state index contributed by atoms with van der Waals surface area (Å²) in [6, 6.07) is 0. The SMILES string of the molecule is OCCOCCNC12CC3CC(CC(C3)C1)C2. The van der Waals surface area contributed by atoms with Crippen molar-refractivity contribution in [2.45, 2.75) is 44.1 Å². The summed E-state index contributed by atoms with van der Waals surface area (Å²) in [7, 11) is 0. The highest BCUT2D eigenvalue weighted by molar-refractivity contribution is 5.06. The number of hydrogen-bond acceptors (Lipinski definition) is 3. The van der Waals surface area contributed by atoms with Gasteiger partial charge in [-0.15, -0.1) is 0 Å². The lowest BCUT2D eigenvalue weighted by Gasteiger charge is -2.57. The molecule has 4 aliphatic carbocycles. The van der Waals surface area contributed by atoms with E-state index in [4.69, 9.17) is 9.84 Å². The van der Waals surface area contributed by atoms with Crippen molar-refractivity contribution in [3.8, 4) is 0 Å². The van der Waals surface area contributed by atoms with Gasteiger partial charge in [0, 0.05) is 12.1 Å². The van der Waals surface area contributed by atoms with Gasteiger partial charge in [-0.2, -0.15) is 0 Å². The summed E-state index contributed by atoms with van der Waals surface area (Å²) in [5.74, 6) is 3.02. The van der Waals surface area contributed by atoms with Crippen LogP contribution in [0.25, 0.3) is 0 Å². The Kier molecular flexibility index (Phi) is 3.42. The first-order valence-corrected chi connectivity index (χ1v) is 7.23. The van der Waals surface area contributed by atoms with Crippen LogP contribution in [0.4, 0.5) is 0 Å². The lowest BCUT2D eigenvalue weighted by atomic mass is 9.53. The van der Waals surface area contributed by atoms with Gasteiger partial charge in [0.25, 0.3) is 0 Å². The van der Waals surface area contributed by atoms with Crippen molar-refractivity contribution in [2.24, 2.45) is 17.8 Å². The first-order chi connectivity index (χ1) is 8.30. The zero-order valence-electron chi connectivity index (χ0n) is 10.7. The Labute approximate surface area is 104 Å². The fraction of sp³-hybridized carbons (Fsp3) is 1.00. The van der Waals surface area contributed by atoms with Gasteiger partial charge < -0.3 is 15.2 Å². The van der Waals surface area contributed by atoms with Crippen molar-refractivity contribution in [1.82, 2.24) is 5.32 Å². The van der Waals surface area contributed by atoms with Crippen LogP contribution in [0.15, 0.2) is 0 Å². The molecule has 3 nitrogen and oxygen atoms in total. The highest BCUT2D eigenvalue weighted by atomic mass is 16.5. The van der Waals surface area contributed by atoms with Crippen molar-refractivity contribution in [1.29, 1.82) is 0 Å². The summed E-state index contributed by atoms with van der Waals surface area (Å²) < 4.78 is 5.33. The first-order valence-electron chi connectivity index (χ1n) is 7.23.